The second-order valence-corrected chi connectivity index (χ2v) is 5.93. The molecule has 1 aliphatic heterocycles. The Kier molecular flexibility index (Phi) is 4.58. The van der Waals surface area contributed by atoms with Gasteiger partial charge in [-0.15, -0.1) is 0 Å². The number of carbonyl (C=O) groups is 2. The highest BCUT2D eigenvalue weighted by molar-refractivity contribution is 6.02. The van der Waals surface area contributed by atoms with Gasteiger partial charge in [0.2, 0.25) is 5.91 Å². The highest BCUT2D eigenvalue weighted by atomic mass is 19.4. The standard InChI is InChI=1S/C18H15F3N2O3/c1-10-5-6-14-13(7-10)23-17(25)15(26-14)9-16(24)22-12-4-2-3-11(8-12)18(19,20)21/h2-8,15H,9H2,1H3,(H,22,24)(H,23,25). The SMILES string of the molecule is Cc1ccc2c(c1)NC(=O)C(CC(=O)Nc1cccc(C(F)(F)F)c1)O2. The van der Waals surface area contributed by atoms with E-state index in [9.17, 15) is 22.8 Å². The lowest BCUT2D eigenvalue weighted by molar-refractivity contribution is -0.137. The van der Waals surface area contributed by atoms with Crippen molar-refractivity contribution in [1.29, 1.82) is 0 Å². The maximum atomic E-state index is 12.7. The zero-order chi connectivity index (χ0) is 18.9. The summed E-state index contributed by atoms with van der Waals surface area (Å²) in [7, 11) is 0. The summed E-state index contributed by atoms with van der Waals surface area (Å²) in [4.78, 5) is 24.2. The number of hydrogen-bond acceptors (Lipinski definition) is 3. The first-order valence-corrected chi connectivity index (χ1v) is 7.77. The number of ether oxygens (including phenoxy) is 1. The predicted molar refractivity (Wildman–Crippen MR) is 88.9 cm³/mol. The van der Waals surface area contributed by atoms with Gasteiger partial charge in [-0.3, -0.25) is 9.59 Å². The summed E-state index contributed by atoms with van der Waals surface area (Å²) >= 11 is 0. The molecule has 0 radical (unpaired) electrons. The Morgan fingerprint density at radius 3 is 2.73 bits per heavy atom. The lowest BCUT2D eigenvalue weighted by atomic mass is 10.1. The monoisotopic (exact) mass is 364 g/mol. The van der Waals surface area contributed by atoms with Crippen LogP contribution in [0.25, 0.3) is 0 Å². The summed E-state index contributed by atoms with van der Waals surface area (Å²) in [5, 5.41) is 5.01. The average molecular weight is 364 g/mol. The largest absolute Gasteiger partial charge is 0.478 e. The molecule has 0 saturated carbocycles. The Morgan fingerprint density at radius 2 is 2.00 bits per heavy atom. The summed E-state index contributed by atoms with van der Waals surface area (Å²) in [6.45, 7) is 1.86. The maximum absolute atomic E-state index is 12.7. The molecule has 2 N–H and O–H groups in total. The third-order valence-corrected chi connectivity index (χ3v) is 3.80. The van der Waals surface area contributed by atoms with Crippen molar-refractivity contribution in [2.45, 2.75) is 25.6 Å². The molecular formula is C18H15F3N2O3. The summed E-state index contributed by atoms with van der Waals surface area (Å²) in [5.41, 5.74) is 0.584. The van der Waals surface area contributed by atoms with Crippen LogP contribution in [0.3, 0.4) is 0 Å². The molecule has 0 spiro atoms. The molecule has 2 aromatic carbocycles. The minimum absolute atomic E-state index is 0.00272. The number of nitrogens with one attached hydrogen (secondary N) is 2. The minimum atomic E-state index is -4.51. The Bertz CT molecular complexity index is 865. The molecule has 1 unspecified atom stereocenters. The van der Waals surface area contributed by atoms with Crippen molar-refractivity contribution in [3.63, 3.8) is 0 Å². The fourth-order valence-electron chi connectivity index (χ4n) is 2.55. The molecule has 1 heterocycles. The van der Waals surface area contributed by atoms with Gasteiger partial charge in [-0.25, -0.2) is 0 Å². The molecule has 1 atom stereocenters. The van der Waals surface area contributed by atoms with Gasteiger partial charge in [0.1, 0.15) is 5.75 Å². The lowest BCUT2D eigenvalue weighted by Gasteiger charge is -2.25. The molecule has 0 aliphatic carbocycles. The number of carbonyl (C=O) groups excluding carboxylic acids is 2. The van der Waals surface area contributed by atoms with Crippen LogP contribution in [-0.4, -0.2) is 17.9 Å². The van der Waals surface area contributed by atoms with E-state index in [-0.39, 0.29) is 12.1 Å². The fourth-order valence-corrected chi connectivity index (χ4v) is 2.55. The van der Waals surface area contributed by atoms with Gasteiger partial charge in [0.25, 0.3) is 5.91 Å². The predicted octanol–water partition coefficient (Wildman–Crippen LogP) is 3.74. The van der Waals surface area contributed by atoms with Gasteiger partial charge in [-0.2, -0.15) is 13.2 Å². The van der Waals surface area contributed by atoms with Crippen molar-refractivity contribution < 1.29 is 27.5 Å². The van der Waals surface area contributed by atoms with Crippen molar-refractivity contribution in [2.24, 2.45) is 0 Å². The van der Waals surface area contributed by atoms with E-state index in [1.54, 1.807) is 18.2 Å². The molecular weight excluding hydrogens is 349 g/mol. The van der Waals surface area contributed by atoms with Crippen molar-refractivity contribution in [3.05, 3.63) is 53.6 Å². The summed E-state index contributed by atoms with van der Waals surface area (Å²) in [5.74, 6) is -0.672. The molecule has 26 heavy (non-hydrogen) atoms. The summed E-state index contributed by atoms with van der Waals surface area (Å²) in [6.07, 6.45) is -5.89. The number of halogens is 3. The first-order valence-electron chi connectivity index (χ1n) is 7.77. The van der Waals surface area contributed by atoms with Crippen molar-refractivity contribution in [3.8, 4) is 5.75 Å². The molecule has 2 aromatic rings. The van der Waals surface area contributed by atoms with Gasteiger partial charge >= 0.3 is 6.18 Å². The number of amides is 2. The van der Waals surface area contributed by atoms with E-state index in [1.165, 1.54) is 12.1 Å². The van der Waals surface area contributed by atoms with Gasteiger partial charge in [0.15, 0.2) is 6.10 Å². The number of fused-ring (bicyclic) bond motifs is 1. The molecule has 8 heteroatoms. The number of anilines is 2. The van der Waals surface area contributed by atoms with E-state index >= 15 is 0 Å². The molecule has 0 aromatic heterocycles. The van der Waals surface area contributed by atoms with Crippen LogP contribution in [0.1, 0.15) is 17.5 Å². The topological polar surface area (TPSA) is 67.4 Å². The summed E-state index contributed by atoms with van der Waals surface area (Å²) < 4.78 is 43.7. The quantitative estimate of drug-likeness (QED) is 0.872. The normalized spacial score (nSPS) is 16.3. The molecule has 2 amide bonds. The van der Waals surface area contributed by atoms with E-state index in [0.29, 0.717) is 11.4 Å². The number of rotatable bonds is 3. The summed E-state index contributed by atoms with van der Waals surface area (Å²) in [6, 6.07) is 9.50. The van der Waals surface area contributed by atoms with Crippen LogP contribution in [0.15, 0.2) is 42.5 Å². The van der Waals surface area contributed by atoms with E-state index in [2.05, 4.69) is 10.6 Å². The Hall–Kier alpha value is -3.03. The van der Waals surface area contributed by atoms with E-state index in [0.717, 1.165) is 17.7 Å². The molecule has 5 nitrogen and oxygen atoms in total. The van der Waals surface area contributed by atoms with Gasteiger partial charge < -0.3 is 15.4 Å². The zero-order valence-electron chi connectivity index (χ0n) is 13.7. The maximum Gasteiger partial charge on any atom is 0.416 e. The molecule has 3 rings (SSSR count). The van der Waals surface area contributed by atoms with Crippen molar-refractivity contribution in [2.75, 3.05) is 10.6 Å². The second kappa shape index (κ2) is 6.70. The Labute approximate surface area is 147 Å². The average Bonchev–Trinajstić information content (AvgIpc) is 2.55. The van der Waals surface area contributed by atoms with Crippen LogP contribution in [0, 0.1) is 6.92 Å². The highest BCUT2D eigenvalue weighted by Gasteiger charge is 2.32. The van der Waals surface area contributed by atoms with Gasteiger partial charge in [0.05, 0.1) is 17.7 Å². The molecule has 1 aliphatic rings. The van der Waals surface area contributed by atoms with Crippen LogP contribution in [0.5, 0.6) is 5.75 Å². The van der Waals surface area contributed by atoms with Crippen LogP contribution < -0.4 is 15.4 Å². The van der Waals surface area contributed by atoms with Crippen LogP contribution in [-0.2, 0) is 15.8 Å². The third kappa shape index (κ3) is 3.96. The fraction of sp³-hybridized carbons (Fsp3) is 0.222. The van der Waals surface area contributed by atoms with Crippen molar-refractivity contribution in [1.82, 2.24) is 0 Å². The van der Waals surface area contributed by atoms with Crippen LogP contribution in [0.4, 0.5) is 24.5 Å². The highest BCUT2D eigenvalue weighted by Crippen LogP contribution is 2.32. The van der Waals surface area contributed by atoms with Gasteiger partial charge in [-0.1, -0.05) is 12.1 Å². The Balaban J connectivity index is 1.67. The lowest BCUT2D eigenvalue weighted by Crippen LogP contribution is -2.39. The van der Waals surface area contributed by atoms with E-state index < -0.39 is 29.7 Å². The van der Waals surface area contributed by atoms with Crippen molar-refractivity contribution >= 4 is 23.2 Å². The number of alkyl halides is 3. The molecule has 0 fully saturated rings. The molecule has 0 bridgehead atoms. The smallest absolute Gasteiger partial charge is 0.416 e. The van der Waals surface area contributed by atoms with E-state index in [4.69, 9.17) is 4.74 Å². The Morgan fingerprint density at radius 1 is 1.23 bits per heavy atom. The van der Waals surface area contributed by atoms with E-state index in [1.807, 2.05) is 6.92 Å². The third-order valence-electron chi connectivity index (χ3n) is 3.80. The number of hydrogen-bond donors (Lipinski definition) is 2. The second-order valence-electron chi connectivity index (χ2n) is 5.93. The first-order chi connectivity index (χ1) is 12.2. The number of aryl methyl sites for hydroxylation is 1. The van der Waals surface area contributed by atoms with Crippen LogP contribution in [0.2, 0.25) is 0 Å². The zero-order valence-corrected chi connectivity index (χ0v) is 13.7. The van der Waals surface area contributed by atoms with Crippen LogP contribution >= 0.6 is 0 Å². The number of benzene rings is 2. The van der Waals surface area contributed by atoms with Gasteiger partial charge in [-0.05, 0) is 42.8 Å². The minimum Gasteiger partial charge on any atom is -0.478 e. The molecule has 0 saturated heterocycles. The first kappa shape index (κ1) is 17.8. The molecule has 136 valence electrons. The van der Waals surface area contributed by atoms with Gasteiger partial charge in [0, 0.05) is 5.69 Å².